The fraction of sp³-hybridized carbons (Fsp3) is 0.536. The number of nitriles is 1. The van der Waals surface area contributed by atoms with Crippen molar-refractivity contribution < 1.29 is 18.9 Å². The molecule has 0 N–H and O–H groups in total. The second-order valence-electron chi connectivity index (χ2n) is 9.81. The highest BCUT2D eigenvalue weighted by atomic mass is 16.6. The van der Waals surface area contributed by atoms with Crippen LogP contribution in [0.4, 0.5) is 0 Å². The van der Waals surface area contributed by atoms with Gasteiger partial charge in [0.1, 0.15) is 6.61 Å². The van der Waals surface area contributed by atoms with Gasteiger partial charge in [0, 0.05) is 12.6 Å². The molecule has 0 saturated heterocycles. The molecule has 182 valence electrons. The highest BCUT2D eigenvalue weighted by molar-refractivity contribution is 5.48. The van der Waals surface area contributed by atoms with Gasteiger partial charge in [-0.05, 0) is 67.6 Å². The van der Waals surface area contributed by atoms with Crippen molar-refractivity contribution >= 4 is 0 Å². The quantitative estimate of drug-likeness (QED) is 0.533. The number of hydrogen-bond donors (Lipinski definition) is 0. The van der Waals surface area contributed by atoms with Crippen LogP contribution in [0.1, 0.15) is 44.2 Å². The van der Waals surface area contributed by atoms with Crippen LogP contribution in [0, 0.1) is 22.7 Å². The Labute approximate surface area is 203 Å². The Hall–Kier alpha value is -2.91. The number of rotatable bonds is 8. The predicted molar refractivity (Wildman–Crippen MR) is 132 cm³/mol. The molecule has 0 spiro atoms. The van der Waals surface area contributed by atoms with Crippen LogP contribution in [0.5, 0.6) is 23.0 Å². The molecule has 2 heterocycles. The lowest BCUT2D eigenvalue weighted by atomic mass is 9.70. The molecule has 2 aliphatic rings. The summed E-state index contributed by atoms with van der Waals surface area (Å²) in [4.78, 5) is 2.41. The van der Waals surface area contributed by atoms with Crippen molar-refractivity contribution in [3.8, 4) is 29.1 Å². The number of hydrogen-bond acceptors (Lipinski definition) is 6. The molecule has 3 unspecified atom stereocenters. The smallest absolute Gasteiger partial charge is 0.161 e. The minimum Gasteiger partial charge on any atom is -0.493 e. The van der Waals surface area contributed by atoms with E-state index in [9.17, 15) is 5.26 Å². The van der Waals surface area contributed by atoms with E-state index in [1.54, 1.807) is 14.2 Å². The molecule has 6 nitrogen and oxygen atoms in total. The van der Waals surface area contributed by atoms with E-state index in [4.69, 9.17) is 18.9 Å². The first kappa shape index (κ1) is 24.2. The second kappa shape index (κ2) is 10.1. The molecular weight excluding hydrogens is 428 g/mol. The Morgan fingerprint density at radius 2 is 1.79 bits per heavy atom. The molecule has 0 radical (unpaired) electrons. The van der Waals surface area contributed by atoms with Gasteiger partial charge in [-0.2, -0.15) is 5.26 Å². The summed E-state index contributed by atoms with van der Waals surface area (Å²) in [5.41, 5.74) is 2.00. The summed E-state index contributed by atoms with van der Waals surface area (Å²) in [5, 5.41) is 10.4. The standard InChI is InChI=1S/C28H36N2O4/c1-19(2)28(18-29,27-17-33-23-10-6-7-11-24(23)34-27)12-8-9-22-13-20-14-25(31-4)26(32-5)15-21(20)16-30(22)3/h6-7,10-11,14-15,19,22,27H,8-9,12-13,16-17H2,1-5H3. The first-order chi connectivity index (χ1) is 16.4. The third-order valence-corrected chi connectivity index (χ3v) is 7.65. The van der Waals surface area contributed by atoms with Gasteiger partial charge in [-0.1, -0.05) is 32.4 Å². The molecule has 6 heteroatoms. The summed E-state index contributed by atoms with van der Waals surface area (Å²) < 4.78 is 23.3. The summed E-state index contributed by atoms with van der Waals surface area (Å²) in [6, 6.07) is 15.0. The average Bonchev–Trinajstić information content (AvgIpc) is 2.85. The molecule has 3 atom stereocenters. The molecule has 0 saturated carbocycles. The van der Waals surface area contributed by atoms with Crippen LogP contribution in [-0.4, -0.2) is 44.9 Å². The van der Waals surface area contributed by atoms with Gasteiger partial charge in [0.05, 0.1) is 25.7 Å². The van der Waals surface area contributed by atoms with Gasteiger partial charge < -0.3 is 18.9 Å². The Morgan fingerprint density at radius 3 is 2.44 bits per heavy atom. The maximum Gasteiger partial charge on any atom is 0.161 e. The van der Waals surface area contributed by atoms with Gasteiger partial charge in [-0.25, -0.2) is 0 Å². The highest BCUT2D eigenvalue weighted by Gasteiger charge is 2.46. The van der Waals surface area contributed by atoms with E-state index >= 15 is 0 Å². The molecule has 2 aromatic rings. The van der Waals surface area contributed by atoms with Crippen LogP contribution in [0.2, 0.25) is 0 Å². The van der Waals surface area contributed by atoms with Crippen LogP contribution in [0.3, 0.4) is 0 Å². The van der Waals surface area contributed by atoms with Crippen molar-refractivity contribution in [2.45, 2.75) is 58.2 Å². The second-order valence-corrected chi connectivity index (χ2v) is 9.81. The monoisotopic (exact) mass is 464 g/mol. The first-order valence-corrected chi connectivity index (χ1v) is 12.2. The number of ether oxygens (including phenoxy) is 4. The zero-order chi connectivity index (χ0) is 24.3. The zero-order valence-electron chi connectivity index (χ0n) is 21.0. The molecule has 0 fully saturated rings. The fourth-order valence-electron chi connectivity index (χ4n) is 5.41. The van der Waals surface area contributed by atoms with Crippen molar-refractivity contribution in [3.05, 3.63) is 47.5 Å². The van der Waals surface area contributed by atoms with E-state index in [1.807, 2.05) is 24.3 Å². The Bertz CT molecular complexity index is 1050. The van der Waals surface area contributed by atoms with E-state index in [0.717, 1.165) is 55.2 Å². The normalized spacial score (nSPS) is 21.3. The van der Waals surface area contributed by atoms with Gasteiger partial charge in [-0.3, -0.25) is 4.90 Å². The summed E-state index contributed by atoms with van der Waals surface area (Å²) >= 11 is 0. The van der Waals surface area contributed by atoms with Crippen LogP contribution >= 0.6 is 0 Å². The third kappa shape index (κ3) is 4.54. The summed E-state index contributed by atoms with van der Waals surface area (Å²) in [7, 11) is 5.54. The zero-order valence-corrected chi connectivity index (χ0v) is 21.0. The number of benzene rings is 2. The number of nitrogens with zero attached hydrogens (tertiary/aromatic N) is 2. The lowest BCUT2D eigenvalue weighted by Crippen LogP contribution is -2.48. The largest absolute Gasteiger partial charge is 0.493 e. The van der Waals surface area contributed by atoms with Gasteiger partial charge in [-0.15, -0.1) is 0 Å². The van der Waals surface area contributed by atoms with E-state index in [-0.39, 0.29) is 12.0 Å². The molecule has 0 aromatic heterocycles. The van der Waals surface area contributed by atoms with E-state index in [0.29, 0.717) is 12.6 Å². The Kier molecular flexibility index (Phi) is 7.23. The van der Waals surface area contributed by atoms with Gasteiger partial charge in [0.15, 0.2) is 29.1 Å². The van der Waals surface area contributed by atoms with Crippen molar-refractivity contribution in [2.75, 3.05) is 27.9 Å². The summed E-state index contributed by atoms with van der Waals surface area (Å²) in [5.74, 6) is 3.19. The molecule has 0 bridgehead atoms. The lowest BCUT2D eigenvalue weighted by Gasteiger charge is -2.41. The molecule has 0 amide bonds. The molecule has 0 aliphatic carbocycles. The van der Waals surface area contributed by atoms with E-state index in [2.05, 4.69) is 44.0 Å². The molecule has 2 aliphatic heterocycles. The van der Waals surface area contributed by atoms with Crippen LogP contribution in [-0.2, 0) is 13.0 Å². The van der Waals surface area contributed by atoms with Gasteiger partial charge in [0.25, 0.3) is 0 Å². The van der Waals surface area contributed by atoms with Crippen LogP contribution in [0.15, 0.2) is 36.4 Å². The average molecular weight is 465 g/mol. The van der Waals surface area contributed by atoms with E-state index < -0.39 is 5.41 Å². The number of para-hydroxylation sites is 2. The fourth-order valence-corrected chi connectivity index (χ4v) is 5.41. The number of fused-ring (bicyclic) bond motifs is 2. The van der Waals surface area contributed by atoms with Crippen molar-refractivity contribution in [2.24, 2.45) is 11.3 Å². The van der Waals surface area contributed by atoms with Crippen LogP contribution in [0.25, 0.3) is 0 Å². The molecule has 2 aromatic carbocycles. The van der Waals surface area contributed by atoms with E-state index in [1.165, 1.54) is 11.1 Å². The highest BCUT2D eigenvalue weighted by Crippen LogP contribution is 2.43. The minimum atomic E-state index is -0.602. The third-order valence-electron chi connectivity index (χ3n) is 7.65. The Balaban J connectivity index is 1.45. The maximum atomic E-state index is 10.4. The van der Waals surface area contributed by atoms with Crippen molar-refractivity contribution in [3.63, 3.8) is 0 Å². The van der Waals surface area contributed by atoms with Crippen LogP contribution < -0.4 is 18.9 Å². The summed E-state index contributed by atoms with van der Waals surface area (Å²) in [6.45, 7) is 5.52. The molecular formula is C28H36N2O4. The lowest BCUT2D eigenvalue weighted by molar-refractivity contribution is -0.0119. The number of methoxy groups -OCH3 is 2. The molecule has 4 rings (SSSR count). The van der Waals surface area contributed by atoms with Crippen molar-refractivity contribution in [1.29, 1.82) is 5.26 Å². The SMILES string of the molecule is COc1cc2c(cc1OC)CN(C)C(CCCC(C#N)(C(C)C)C1COc3ccccc3O1)C2. The maximum absolute atomic E-state index is 10.4. The molecule has 34 heavy (non-hydrogen) atoms. The Morgan fingerprint density at radius 1 is 1.12 bits per heavy atom. The van der Waals surface area contributed by atoms with Gasteiger partial charge >= 0.3 is 0 Å². The number of likely N-dealkylation sites (N-methyl/N-ethyl adjacent to an activating group) is 1. The van der Waals surface area contributed by atoms with Crippen molar-refractivity contribution in [1.82, 2.24) is 4.90 Å². The minimum absolute atomic E-state index is 0.151. The topological polar surface area (TPSA) is 64.0 Å². The predicted octanol–water partition coefficient (Wildman–Crippen LogP) is 5.24. The first-order valence-electron chi connectivity index (χ1n) is 12.2. The summed E-state index contributed by atoms with van der Waals surface area (Å²) in [6.07, 6.45) is 3.42. The van der Waals surface area contributed by atoms with Gasteiger partial charge in [0.2, 0.25) is 0 Å².